The Hall–Kier alpha value is -3.12. The molecule has 2 heterocycles. The monoisotopic (exact) mass is 392 g/mol. The summed E-state index contributed by atoms with van der Waals surface area (Å²) < 4.78 is 13.5. The van der Waals surface area contributed by atoms with E-state index in [0.717, 1.165) is 54.1 Å². The second kappa shape index (κ2) is 8.92. The molecule has 0 saturated carbocycles. The summed E-state index contributed by atoms with van der Waals surface area (Å²) in [7, 11) is 0. The first-order chi connectivity index (χ1) is 14.2. The van der Waals surface area contributed by atoms with E-state index in [0.29, 0.717) is 12.6 Å². The van der Waals surface area contributed by atoms with Gasteiger partial charge in [-0.2, -0.15) is 5.10 Å². The fourth-order valence-electron chi connectivity index (χ4n) is 3.57. The summed E-state index contributed by atoms with van der Waals surface area (Å²) in [6.07, 6.45) is 5.70. The van der Waals surface area contributed by atoms with E-state index in [9.17, 15) is 4.79 Å². The van der Waals surface area contributed by atoms with E-state index in [1.165, 1.54) is 0 Å². The van der Waals surface area contributed by atoms with E-state index < -0.39 is 5.97 Å². The van der Waals surface area contributed by atoms with Crippen LogP contribution in [0.4, 0.5) is 0 Å². The van der Waals surface area contributed by atoms with Crippen molar-refractivity contribution in [2.45, 2.75) is 31.9 Å². The summed E-state index contributed by atoms with van der Waals surface area (Å²) in [5.41, 5.74) is 3.59. The highest BCUT2D eigenvalue weighted by Gasteiger charge is 2.18. The molecule has 4 rings (SSSR count). The number of benzene rings is 2. The fourth-order valence-corrected chi connectivity index (χ4v) is 3.57. The molecule has 150 valence electrons. The molecule has 0 amide bonds. The van der Waals surface area contributed by atoms with Gasteiger partial charge in [0, 0.05) is 30.5 Å². The van der Waals surface area contributed by atoms with Crippen LogP contribution < -0.4 is 4.74 Å². The van der Waals surface area contributed by atoms with Gasteiger partial charge in [-0.3, -0.25) is 9.48 Å². The van der Waals surface area contributed by atoms with Gasteiger partial charge >= 0.3 is 5.97 Å². The van der Waals surface area contributed by atoms with Crippen LogP contribution in [0.5, 0.6) is 5.75 Å². The van der Waals surface area contributed by atoms with Crippen LogP contribution >= 0.6 is 0 Å². The van der Waals surface area contributed by atoms with E-state index in [2.05, 4.69) is 5.10 Å². The molecule has 2 aromatic carbocycles. The molecule has 1 aromatic heterocycles. The topological polar surface area (TPSA) is 73.6 Å². The molecular weight excluding hydrogens is 368 g/mol. The van der Waals surface area contributed by atoms with Crippen LogP contribution in [-0.4, -0.2) is 34.1 Å². The molecular formula is C23H24N2O4. The number of nitrogens with zero attached hydrogens (tertiary/aromatic N) is 2. The second-order valence-electron chi connectivity index (χ2n) is 7.23. The van der Waals surface area contributed by atoms with Gasteiger partial charge < -0.3 is 14.6 Å². The molecule has 0 aliphatic carbocycles. The first kappa shape index (κ1) is 19.2. The van der Waals surface area contributed by atoms with Gasteiger partial charge in [-0.1, -0.05) is 36.4 Å². The number of hydrogen-bond acceptors (Lipinski definition) is 4. The van der Waals surface area contributed by atoms with Gasteiger partial charge in [0.1, 0.15) is 12.4 Å². The van der Waals surface area contributed by atoms with Crippen LogP contribution in [0.25, 0.3) is 11.1 Å². The number of carbonyl (C=O) groups is 1. The second-order valence-corrected chi connectivity index (χ2v) is 7.23. The largest absolute Gasteiger partial charge is 0.488 e. The zero-order chi connectivity index (χ0) is 20.1. The van der Waals surface area contributed by atoms with Crippen molar-refractivity contribution in [2.24, 2.45) is 0 Å². The highest BCUT2D eigenvalue weighted by atomic mass is 16.5. The van der Waals surface area contributed by atoms with Crippen molar-refractivity contribution in [2.75, 3.05) is 13.2 Å². The van der Waals surface area contributed by atoms with Crippen LogP contribution in [0, 0.1) is 0 Å². The Labute approximate surface area is 169 Å². The van der Waals surface area contributed by atoms with E-state index in [-0.39, 0.29) is 6.42 Å². The lowest BCUT2D eigenvalue weighted by atomic mass is 10.0. The van der Waals surface area contributed by atoms with Crippen LogP contribution in [0.3, 0.4) is 0 Å². The van der Waals surface area contributed by atoms with Gasteiger partial charge in [0.05, 0.1) is 18.7 Å². The highest BCUT2D eigenvalue weighted by Crippen LogP contribution is 2.33. The van der Waals surface area contributed by atoms with Gasteiger partial charge in [0.2, 0.25) is 0 Å². The molecule has 0 radical (unpaired) electrons. The number of rotatable bonds is 7. The summed E-state index contributed by atoms with van der Waals surface area (Å²) in [4.78, 5) is 11.2. The molecule has 1 fully saturated rings. The Morgan fingerprint density at radius 3 is 2.69 bits per heavy atom. The maximum Gasteiger partial charge on any atom is 0.307 e. The predicted molar refractivity (Wildman–Crippen MR) is 109 cm³/mol. The Morgan fingerprint density at radius 1 is 1.14 bits per heavy atom. The van der Waals surface area contributed by atoms with Gasteiger partial charge in [-0.05, 0) is 36.1 Å². The van der Waals surface area contributed by atoms with Crippen LogP contribution in [0.15, 0.2) is 60.9 Å². The van der Waals surface area contributed by atoms with Crippen molar-refractivity contribution in [3.63, 3.8) is 0 Å². The molecule has 6 nitrogen and oxygen atoms in total. The average Bonchev–Trinajstić information content (AvgIpc) is 3.24. The fraction of sp³-hybridized carbons (Fsp3) is 0.304. The van der Waals surface area contributed by atoms with Crippen molar-refractivity contribution in [3.05, 3.63) is 72.1 Å². The molecule has 1 N–H and O–H groups in total. The molecule has 0 bridgehead atoms. The third-order valence-electron chi connectivity index (χ3n) is 5.11. The van der Waals surface area contributed by atoms with Gasteiger partial charge in [-0.25, -0.2) is 0 Å². The first-order valence-electron chi connectivity index (χ1n) is 9.83. The zero-order valence-corrected chi connectivity index (χ0v) is 16.2. The van der Waals surface area contributed by atoms with E-state index in [1.807, 2.05) is 59.5 Å². The van der Waals surface area contributed by atoms with E-state index in [1.54, 1.807) is 6.07 Å². The Morgan fingerprint density at radius 2 is 1.93 bits per heavy atom. The highest BCUT2D eigenvalue weighted by molar-refractivity contribution is 5.74. The summed E-state index contributed by atoms with van der Waals surface area (Å²) in [6.45, 7) is 1.94. The average molecular weight is 392 g/mol. The van der Waals surface area contributed by atoms with E-state index >= 15 is 0 Å². The van der Waals surface area contributed by atoms with Crippen molar-refractivity contribution >= 4 is 5.97 Å². The van der Waals surface area contributed by atoms with Crippen LogP contribution in [0.2, 0.25) is 0 Å². The molecule has 1 aliphatic rings. The maximum atomic E-state index is 11.2. The minimum Gasteiger partial charge on any atom is -0.488 e. The van der Waals surface area contributed by atoms with Crippen molar-refractivity contribution in [3.8, 4) is 16.9 Å². The summed E-state index contributed by atoms with van der Waals surface area (Å²) >= 11 is 0. The zero-order valence-electron chi connectivity index (χ0n) is 16.2. The van der Waals surface area contributed by atoms with E-state index in [4.69, 9.17) is 14.6 Å². The van der Waals surface area contributed by atoms with Crippen LogP contribution in [0.1, 0.15) is 30.0 Å². The molecule has 0 spiro atoms. The Kier molecular flexibility index (Phi) is 5.91. The lowest BCUT2D eigenvalue weighted by Gasteiger charge is -2.22. The summed E-state index contributed by atoms with van der Waals surface area (Å²) in [6, 6.07) is 15.8. The van der Waals surface area contributed by atoms with Gasteiger partial charge in [-0.15, -0.1) is 0 Å². The maximum absolute atomic E-state index is 11.2. The number of hydrogen-bond donors (Lipinski definition) is 1. The molecule has 1 saturated heterocycles. The Balaban J connectivity index is 1.61. The standard InChI is InChI=1S/C23H24N2O4/c26-23(27)13-18-6-7-22(29-16-17-4-2-1-3-5-17)21(12-18)19-14-24-25(15-19)20-8-10-28-11-9-20/h1-7,12,14-15,20H,8-11,13,16H2,(H,26,27). The van der Waals surface area contributed by atoms with Gasteiger partial charge in [0.25, 0.3) is 0 Å². The third kappa shape index (κ3) is 4.84. The van der Waals surface area contributed by atoms with Crippen molar-refractivity contribution in [1.82, 2.24) is 9.78 Å². The molecule has 3 aromatic rings. The third-order valence-corrected chi connectivity index (χ3v) is 5.11. The van der Waals surface area contributed by atoms with Crippen molar-refractivity contribution < 1.29 is 19.4 Å². The SMILES string of the molecule is O=C(O)Cc1ccc(OCc2ccccc2)c(-c2cnn(C3CCOCC3)c2)c1. The van der Waals surface area contributed by atoms with Crippen LogP contribution in [-0.2, 0) is 22.6 Å². The first-order valence-corrected chi connectivity index (χ1v) is 9.83. The lowest BCUT2D eigenvalue weighted by molar-refractivity contribution is -0.136. The minimum atomic E-state index is -0.855. The lowest BCUT2D eigenvalue weighted by Crippen LogP contribution is -2.19. The number of ether oxygens (including phenoxy) is 2. The summed E-state index contributed by atoms with van der Waals surface area (Å²) in [5, 5.41) is 13.7. The number of aromatic nitrogens is 2. The normalized spacial score (nSPS) is 14.6. The van der Waals surface area contributed by atoms with Crippen molar-refractivity contribution in [1.29, 1.82) is 0 Å². The molecule has 1 aliphatic heterocycles. The quantitative estimate of drug-likeness (QED) is 0.655. The van der Waals surface area contributed by atoms with Gasteiger partial charge in [0.15, 0.2) is 0 Å². The molecule has 0 unspecified atom stereocenters. The Bertz CT molecular complexity index is 962. The predicted octanol–water partition coefficient (Wildman–Crippen LogP) is 4.11. The smallest absolute Gasteiger partial charge is 0.307 e. The molecule has 0 atom stereocenters. The number of carboxylic acid groups (broad SMARTS) is 1. The molecule has 6 heteroatoms. The number of carboxylic acids is 1. The molecule has 29 heavy (non-hydrogen) atoms. The number of aliphatic carboxylic acids is 1. The summed E-state index contributed by atoms with van der Waals surface area (Å²) in [5.74, 6) is -0.138. The minimum absolute atomic E-state index is 0.0277.